The lowest BCUT2D eigenvalue weighted by atomic mass is 10.2. The van der Waals surface area contributed by atoms with Crippen LogP contribution in [0, 0.1) is 0 Å². The van der Waals surface area contributed by atoms with Gasteiger partial charge in [0, 0.05) is 24.9 Å². The van der Waals surface area contributed by atoms with E-state index in [1.54, 1.807) is 6.20 Å². The lowest BCUT2D eigenvalue weighted by Gasteiger charge is -2.13. The van der Waals surface area contributed by atoms with Crippen molar-refractivity contribution in [3.05, 3.63) is 18.5 Å². The molecule has 0 spiro atoms. The summed E-state index contributed by atoms with van der Waals surface area (Å²) in [6, 6.07) is 2.30. The molecule has 0 amide bonds. The fourth-order valence-electron chi connectivity index (χ4n) is 1.68. The molecule has 5 nitrogen and oxygen atoms in total. The zero-order valence-corrected chi connectivity index (χ0v) is 10.3. The van der Waals surface area contributed by atoms with Gasteiger partial charge in [0.05, 0.1) is 6.54 Å². The van der Waals surface area contributed by atoms with Crippen LogP contribution in [0.3, 0.4) is 0 Å². The minimum absolute atomic E-state index is 0.281. The fraction of sp³-hybridized carbons (Fsp3) is 0.667. The van der Waals surface area contributed by atoms with Gasteiger partial charge in [0.1, 0.15) is 0 Å². The molecule has 96 valence electrons. The predicted octanol–water partition coefficient (Wildman–Crippen LogP) is 1.51. The summed E-state index contributed by atoms with van der Waals surface area (Å²) in [5.41, 5.74) is 0. The molecule has 0 saturated carbocycles. The number of hydrogen-bond acceptors (Lipinski definition) is 3. The van der Waals surface area contributed by atoms with Crippen LogP contribution in [0.5, 0.6) is 0 Å². The number of carboxylic acids is 1. The van der Waals surface area contributed by atoms with Gasteiger partial charge in [-0.3, -0.25) is 9.48 Å². The van der Waals surface area contributed by atoms with E-state index in [4.69, 9.17) is 5.11 Å². The van der Waals surface area contributed by atoms with Gasteiger partial charge < -0.3 is 10.4 Å². The van der Waals surface area contributed by atoms with Crippen molar-refractivity contribution in [3.63, 3.8) is 0 Å². The Labute approximate surface area is 102 Å². The molecule has 0 aliphatic rings. The normalized spacial score (nSPS) is 12.5. The van der Waals surface area contributed by atoms with Gasteiger partial charge in [-0.2, -0.15) is 5.10 Å². The number of hydrogen-bond donors (Lipinski definition) is 2. The molecule has 0 aromatic carbocycles. The number of nitrogens with one attached hydrogen (secondary N) is 1. The molecule has 1 rings (SSSR count). The van der Waals surface area contributed by atoms with Gasteiger partial charge in [-0.15, -0.1) is 0 Å². The van der Waals surface area contributed by atoms with E-state index in [2.05, 4.69) is 17.3 Å². The van der Waals surface area contributed by atoms with E-state index < -0.39 is 5.97 Å². The maximum Gasteiger partial charge on any atom is 0.303 e. The van der Waals surface area contributed by atoms with Crippen LogP contribution in [0.15, 0.2) is 18.5 Å². The molecule has 0 aliphatic heterocycles. The van der Waals surface area contributed by atoms with Crippen molar-refractivity contribution in [1.82, 2.24) is 15.1 Å². The third kappa shape index (κ3) is 6.73. The van der Waals surface area contributed by atoms with Crippen LogP contribution in [0.1, 0.15) is 32.6 Å². The van der Waals surface area contributed by atoms with E-state index in [9.17, 15) is 4.79 Å². The van der Waals surface area contributed by atoms with Gasteiger partial charge in [0.15, 0.2) is 0 Å². The highest BCUT2D eigenvalue weighted by Crippen LogP contribution is 1.99. The number of carbonyl (C=O) groups is 1. The molecule has 0 radical (unpaired) electrons. The Bertz CT molecular complexity index is 312. The first kappa shape index (κ1) is 13.7. The number of aromatic nitrogens is 2. The predicted molar refractivity (Wildman–Crippen MR) is 65.8 cm³/mol. The second-order valence-corrected chi connectivity index (χ2v) is 4.29. The van der Waals surface area contributed by atoms with Crippen LogP contribution in [-0.2, 0) is 11.3 Å². The summed E-state index contributed by atoms with van der Waals surface area (Å²) >= 11 is 0. The van der Waals surface area contributed by atoms with Crippen molar-refractivity contribution in [1.29, 1.82) is 0 Å². The molecule has 1 unspecified atom stereocenters. The minimum Gasteiger partial charge on any atom is -0.481 e. The summed E-state index contributed by atoms with van der Waals surface area (Å²) in [5, 5.41) is 16.0. The van der Waals surface area contributed by atoms with E-state index in [0.29, 0.717) is 6.04 Å². The maximum atomic E-state index is 10.3. The van der Waals surface area contributed by atoms with Crippen LogP contribution in [0.4, 0.5) is 0 Å². The summed E-state index contributed by atoms with van der Waals surface area (Å²) in [7, 11) is 0. The Morgan fingerprint density at radius 1 is 1.47 bits per heavy atom. The molecule has 0 fully saturated rings. The number of aliphatic carboxylic acids is 1. The summed E-state index contributed by atoms with van der Waals surface area (Å²) in [4.78, 5) is 10.3. The van der Waals surface area contributed by atoms with Gasteiger partial charge >= 0.3 is 5.97 Å². The molecule has 0 aliphatic carbocycles. The second-order valence-electron chi connectivity index (χ2n) is 4.29. The monoisotopic (exact) mass is 239 g/mol. The van der Waals surface area contributed by atoms with Crippen LogP contribution in [-0.4, -0.2) is 33.4 Å². The number of unbranched alkanes of at least 4 members (excludes halogenated alkanes) is 2. The number of nitrogens with zero attached hydrogens (tertiary/aromatic N) is 2. The Kier molecular flexibility index (Phi) is 6.32. The highest BCUT2D eigenvalue weighted by atomic mass is 16.4. The van der Waals surface area contributed by atoms with Gasteiger partial charge in [-0.05, 0) is 32.4 Å². The lowest BCUT2D eigenvalue weighted by Crippen LogP contribution is -2.31. The Morgan fingerprint density at radius 2 is 2.29 bits per heavy atom. The topological polar surface area (TPSA) is 67.2 Å². The van der Waals surface area contributed by atoms with E-state index in [-0.39, 0.29) is 6.42 Å². The van der Waals surface area contributed by atoms with Crippen molar-refractivity contribution in [3.8, 4) is 0 Å². The third-order valence-electron chi connectivity index (χ3n) is 2.58. The van der Waals surface area contributed by atoms with E-state index >= 15 is 0 Å². The first-order valence-electron chi connectivity index (χ1n) is 6.11. The average molecular weight is 239 g/mol. The SMILES string of the molecule is CC(Cn1cccn1)NCCCCCC(=O)O. The van der Waals surface area contributed by atoms with Crippen molar-refractivity contribution in [2.24, 2.45) is 0 Å². The standard InChI is InChI=1S/C12H21N3O2/c1-11(10-15-9-5-8-14-15)13-7-4-2-3-6-12(16)17/h5,8-9,11,13H,2-4,6-7,10H2,1H3,(H,16,17). The van der Waals surface area contributed by atoms with E-state index in [1.165, 1.54) is 0 Å². The molecule has 0 bridgehead atoms. The smallest absolute Gasteiger partial charge is 0.303 e. The van der Waals surface area contributed by atoms with Crippen LogP contribution in [0.2, 0.25) is 0 Å². The average Bonchev–Trinajstić information content (AvgIpc) is 2.75. The van der Waals surface area contributed by atoms with E-state index in [1.807, 2.05) is 16.9 Å². The van der Waals surface area contributed by atoms with Crippen molar-refractivity contribution < 1.29 is 9.90 Å². The Hall–Kier alpha value is -1.36. The zero-order valence-electron chi connectivity index (χ0n) is 10.3. The molecule has 1 atom stereocenters. The first-order chi connectivity index (χ1) is 8.18. The quantitative estimate of drug-likeness (QED) is 0.641. The molecule has 17 heavy (non-hydrogen) atoms. The van der Waals surface area contributed by atoms with Crippen molar-refractivity contribution in [2.75, 3.05) is 6.54 Å². The van der Waals surface area contributed by atoms with E-state index in [0.717, 1.165) is 32.4 Å². The third-order valence-corrected chi connectivity index (χ3v) is 2.58. The lowest BCUT2D eigenvalue weighted by molar-refractivity contribution is -0.137. The second kappa shape index (κ2) is 7.84. The summed E-state index contributed by atoms with van der Waals surface area (Å²) in [6.45, 7) is 3.92. The molecule has 1 aromatic rings. The highest BCUT2D eigenvalue weighted by Gasteiger charge is 2.02. The maximum absolute atomic E-state index is 10.3. The molecule has 5 heteroatoms. The fourth-order valence-corrected chi connectivity index (χ4v) is 1.68. The summed E-state index contributed by atoms with van der Waals surface area (Å²) in [5.74, 6) is -0.704. The molecule has 1 aromatic heterocycles. The summed E-state index contributed by atoms with van der Waals surface area (Å²) < 4.78 is 1.90. The molecular weight excluding hydrogens is 218 g/mol. The van der Waals surface area contributed by atoms with Crippen molar-refractivity contribution >= 4 is 5.97 Å². The first-order valence-corrected chi connectivity index (χ1v) is 6.11. The zero-order chi connectivity index (χ0) is 12.5. The van der Waals surface area contributed by atoms with Gasteiger partial charge in [0.25, 0.3) is 0 Å². The number of carboxylic acid groups (broad SMARTS) is 1. The summed E-state index contributed by atoms with van der Waals surface area (Å²) in [6.07, 6.45) is 6.77. The minimum atomic E-state index is -0.704. The number of rotatable bonds is 9. The molecule has 2 N–H and O–H groups in total. The van der Waals surface area contributed by atoms with Crippen LogP contribution < -0.4 is 5.32 Å². The molecule has 0 saturated heterocycles. The Balaban J connectivity index is 1.97. The largest absolute Gasteiger partial charge is 0.481 e. The van der Waals surface area contributed by atoms with Gasteiger partial charge in [0.2, 0.25) is 0 Å². The Morgan fingerprint density at radius 3 is 2.94 bits per heavy atom. The molecule has 1 heterocycles. The van der Waals surface area contributed by atoms with Crippen molar-refractivity contribution in [2.45, 2.75) is 45.2 Å². The van der Waals surface area contributed by atoms with Gasteiger partial charge in [-0.1, -0.05) is 6.42 Å². The highest BCUT2D eigenvalue weighted by molar-refractivity contribution is 5.66. The molecular formula is C12H21N3O2. The van der Waals surface area contributed by atoms with Gasteiger partial charge in [-0.25, -0.2) is 0 Å². The van der Waals surface area contributed by atoms with Crippen LogP contribution >= 0.6 is 0 Å². The van der Waals surface area contributed by atoms with Crippen LogP contribution in [0.25, 0.3) is 0 Å².